The molecule has 0 unspecified atom stereocenters. The molecule has 0 heterocycles. The number of aryl methyl sites for hydroxylation is 1. The highest BCUT2D eigenvalue weighted by Crippen LogP contribution is 2.21. The van der Waals surface area contributed by atoms with Crippen LogP contribution in [0.15, 0.2) is 18.2 Å². The van der Waals surface area contributed by atoms with Crippen LogP contribution in [0.4, 0.5) is 0 Å². The lowest BCUT2D eigenvalue weighted by atomic mass is 10.2. The number of carbonyl (C=O) groups excluding carboxylic acids is 1. The van der Waals surface area contributed by atoms with Crippen molar-refractivity contribution in [1.29, 1.82) is 0 Å². The van der Waals surface area contributed by atoms with E-state index in [4.69, 9.17) is 16.3 Å². The molecule has 0 N–H and O–H groups in total. The molecular weight excluding hydrogens is 262 g/mol. The van der Waals surface area contributed by atoms with Crippen molar-refractivity contribution in [2.45, 2.75) is 33.6 Å². The molecule has 0 saturated carbocycles. The number of carbonyl (C=O) groups is 1. The van der Waals surface area contributed by atoms with Gasteiger partial charge in [-0.1, -0.05) is 25.4 Å². The van der Waals surface area contributed by atoms with Gasteiger partial charge in [-0.15, -0.1) is 0 Å². The third-order valence-corrected chi connectivity index (χ3v) is 3.26. The van der Waals surface area contributed by atoms with E-state index in [1.54, 1.807) is 12.1 Å². The lowest BCUT2D eigenvalue weighted by Crippen LogP contribution is -2.36. The maximum atomic E-state index is 12.0. The van der Waals surface area contributed by atoms with Crippen LogP contribution in [-0.4, -0.2) is 30.5 Å². The number of nitrogens with zero attached hydrogens (tertiary/aromatic N) is 1. The standard InChI is InChI=1S/C15H22ClNO2/c1-4-8-17(9-5-2)15(18)11-19-13-6-7-14(16)12(3)10-13/h6-7,10H,4-5,8-9,11H2,1-3H3. The molecule has 1 aromatic carbocycles. The van der Waals surface area contributed by atoms with Crippen LogP contribution in [0.1, 0.15) is 32.3 Å². The highest BCUT2D eigenvalue weighted by atomic mass is 35.5. The minimum Gasteiger partial charge on any atom is -0.484 e. The third kappa shape index (κ3) is 5.11. The number of ether oxygens (including phenoxy) is 1. The molecule has 0 aliphatic carbocycles. The number of rotatable bonds is 7. The van der Waals surface area contributed by atoms with Crippen LogP contribution in [0.5, 0.6) is 5.75 Å². The van der Waals surface area contributed by atoms with Gasteiger partial charge >= 0.3 is 0 Å². The zero-order chi connectivity index (χ0) is 14.3. The SMILES string of the molecule is CCCN(CCC)C(=O)COc1ccc(Cl)c(C)c1. The monoisotopic (exact) mass is 283 g/mol. The van der Waals surface area contributed by atoms with Crippen molar-refractivity contribution in [1.82, 2.24) is 4.90 Å². The second-order valence-corrected chi connectivity index (χ2v) is 4.99. The summed E-state index contributed by atoms with van der Waals surface area (Å²) in [6, 6.07) is 5.42. The van der Waals surface area contributed by atoms with Crippen LogP contribution in [0.25, 0.3) is 0 Å². The van der Waals surface area contributed by atoms with Gasteiger partial charge in [0, 0.05) is 18.1 Å². The molecule has 0 saturated heterocycles. The van der Waals surface area contributed by atoms with Gasteiger partial charge in [0.25, 0.3) is 5.91 Å². The Morgan fingerprint density at radius 1 is 1.26 bits per heavy atom. The molecule has 3 nitrogen and oxygen atoms in total. The maximum absolute atomic E-state index is 12.0. The van der Waals surface area contributed by atoms with Gasteiger partial charge in [-0.3, -0.25) is 4.79 Å². The fourth-order valence-corrected chi connectivity index (χ4v) is 1.96. The molecule has 106 valence electrons. The highest BCUT2D eigenvalue weighted by molar-refractivity contribution is 6.31. The smallest absolute Gasteiger partial charge is 0.260 e. The summed E-state index contributed by atoms with van der Waals surface area (Å²) in [6.45, 7) is 7.71. The van der Waals surface area contributed by atoms with Gasteiger partial charge in [-0.25, -0.2) is 0 Å². The maximum Gasteiger partial charge on any atom is 0.260 e. The molecule has 0 fully saturated rings. The van der Waals surface area contributed by atoms with Crippen LogP contribution >= 0.6 is 11.6 Å². The van der Waals surface area contributed by atoms with E-state index in [-0.39, 0.29) is 12.5 Å². The van der Waals surface area contributed by atoms with Crippen molar-refractivity contribution in [3.05, 3.63) is 28.8 Å². The van der Waals surface area contributed by atoms with Gasteiger partial charge in [0.15, 0.2) is 6.61 Å². The lowest BCUT2D eigenvalue weighted by Gasteiger charge is -2.21. The minimum absolute atomic E-state index is 0.0382. The Balaban J connectivity index is 2.54. The number of hydrogen-bond donors (Lipinski definition) is 0. The van der Waals surface area contributed by atoms with Crippen molar-refractivity contribution in [3.8, 4) is 5.75 Å². The first-order valence-electron chi connectivity index (χ1n) is 6.75. The van der Waals surface area contributed by atoms with E-state index in [0.29, 0.717) is 10.8 Å². The van der Waals surface area contributed by atoms with E-state index in [2.05, 4.69) is 13.8 Å². The summed E-state index contributed by atoms with van der Waals surface area (Å²) >= 11 is 5.95. The molecule has 0 atom stereocenters. The lowest BCUT2D eigenvalue weighted by molar-refractivity contribution is -0.133. The van der Waals surface area contributed by atoms with Gasteiger partial charge in [0.05, 0.1) is 0 Å². The van der Waals surface area contributed by atoms with Crippen molar-refractivity contribution >= 4 is 17.5 Å². The van der Waals surface area contributed by atoms with Crippen molar-refractivity contribution < 1.29 is 9.53 Å². The summed E-state index contributed by atoms with van der Waals surface area (Å²) < 4.78 is 5.53. The predicted octanol–water partition coefficient (Wildman–Crippen LogP) is 3.68. The second-order valence-electron chi connectivity index (χ2n) is 4.58. The molecule has 0 aromatic heterocycles. The molecule has 0 bridgehead atoms. The molecule has 19 heavy (non-hydrogen) atoms. The first-order valence-corrected chi connectivity index (χ1v) is 7.13. The van der Waals surface area contributed by atoms with E-state index in [1.165, 1.54) is 0 Å². The normalized spacial score (nSPS) is 10.3. The van der Waals surface area contributed by atoms with Crippen molar-refractivity contribution in [3.63, 3.8) is 0 Å². The molecule has 1 rings (SSSR count). The van der Waals surface area contributed by atoms with Gasteiger partial charge in [-0.05, 0) is 43.5 Å². The first-order chi connectivity index (χ1) is 9.08. The average molecular weight is 284 g/mol. The van der Waals surface area contributed by atoms with Gasteiger partial charge in [0.2, 0.25) is 0 Å². The number of halogens is 1. The molecule has 4 heteroatoms. The van der Waals surface area contributed by atoms with Crippen LogP contribution in [-0.2, 0) is 4.79 Å². The van der Waals surface area contributed by atoms with Crippen LogP contribution in [0.2, 0.25) is 5.02 Å². The van der Waals surface area contributed by atoms with Crippen LogP contribution in [0, 0.1) is 6.92 Å². The van der Waals surface area contributed by atoms with E-state index >= 15 is 0 Å². The summed E-state index contributed by atoms with van der Waals surface area (Å²) in [5.74, 6) is 0.722. The molecule has 0 aliphatic rings. The number of amides is 1. The van der Waals surface area contributed by atoms with E-state index in [1.807, 2.05) is 17.9 Å². The van der Waals surface area contributed by atoms with Crippen LogP contribution in [0.3, 0.4) is 0 Å². The zero-order valence-corrected chi connectivity index (χ0v) is 12.7. The largest absolute Gasteiger partial charge is 0.484 e. The number of benzene rings is 1. The topological polar surface area (TPSA) is 29.5 Å². The highest BCUT2D eigenvalue weighted by Gasteiger charge is 2.12. The summed E-state index contributed by atoms with van der Waals surface area (Å²) in [5.41, 5.74) is 0.950. The summed E-state index contributed by atoms with van der Waals surface area (Å²) in [7, 11) is 0. The fourth-order valence-electron chi connectivity index (χ4n) is 1.84. The Morgan fingerprint density at radius 3 is 2.42 bits per heavy atom. The minimum atomic E-state index is 0.0382. The first kappa shape index (κ1) is 15.8. The summed E-state index contributed by atoms with van der Waals surface area (Å²) in [6.07, 6.45) is 1.93. The van der Waals surface area contributed by atoms with Crippen molar-refractivity contribution in [2.24, 2.45) is 0 Å². The second kappa shape index (κ2) is 8.05. The Kier molecular flexibility index (Phi) is 6.71. The molecule has 0 aliphatic heterocycles. The summed E-state index contributed by atoms with van der Waals surface area (Å²) in [5, 5.41) is 0.706. The van der Waals surface area contributed by atoms with Crippen molar-refractivity contribution in [2.75, 3.05) is 19.7 Å². The molecular formula is C15H22ClNO2. The van der Waals surface area contributed by atoms with Gasteiger partial charge in [0.1, 0.15) is 5.75 Å². The molecule has 1 amide bonds. The molecule has 1 aromatic rings. The quantitative estimate of drug-likeness (QED) is 0.764. The van der Waals surface area contributed by atoms with E-state index < -0.39 is 0 Å². The summed E-state index contributed by atoms with van der Waals surface area (Å²) in [4.78, 5) is 13.9. The molecule has 0 radical (unpaired) electrons. The van der Waals surface area contributed by atoms with Gasteiger partial charge in [-0.2, -0.15) is 0 Å². The number of hydrogen-bond acceptors (Lipinski definition) is 2. The van der Waals surface area contributed by atoms with E-state index in [9.17, 15) is 4.79 Å². The van der Waals surface area contributed by atoms with Crippen LogP contribution < -0.4 is 4.74 Å². The van der Waals surface area contributed by atoms with Gasteiger partial charge < -0.3 is 9.64 Å². The zero-order valence-electron chi connectivity index (χ0n) is 11.9. The fraction of sp³-hybridized carbons (Fsp3) is 0.533. The Hall–Kier alpha value is -1.22. The Labute approximate surface area is 120 Å². The third-order valence-electron chi connectivity index (χ3n) is 2.83. The average Bonchev–Trinajstić information content (AvgIpc) is 2.39. The predicted molar refractivity (Wildman–Crippen MR) is 78.8 cm³/mol. The van der Waals surface area contributed by atoms with E-state index in [0.717, 1.165) is 31.5 Å². The Morgan fingerprint density at radius 2 is 1.89 bits per heavy atom. The Bertz CT molecular complexity index is 415. The molecule has 0 spiro atoms.